The number of likely N-dealkylation sites (tertiary alicyclic amines) is 1. The van der Waals surface area contributed by atoms with Crippen molar-refractivity contribution >= 4 is 21.8 Å². The van der Waals surface area contributed by atoms with Gasteiger partial charge in [-0.3, -0.25) is 4.79 Å². The van der Waals surface area contributed by atoms with Crippen LogP contribution >= 0.6 is 15.9 Å². The van der Waals surface area contributed by atoms with Gasteiger partial charge >= 0.3 is 0 Å². The van der Waals surface area contributed by atoms with Crippen molar-refractivity contribution < 1.29 is 4.79 Å². The standard InChI is InChI=1S/C13H17BrN2O/c1-9-7-16(8-12(9)15)13(17)6-10-2-4-11(14)5-3-10/h2-5,9,12H,6-8,15H2,1H3. The highest BCUT2D eigenvalue weighted by atomic mass is 79.9. The minimum absolute atomic E-state index is 0.129. The third kappa shape index (κ3) is 3.07. The molecule has 0 aliphatic carbocycles. The smallest absolute Gasteiger partial charge is 0.227 e. The average Bonchev–Trinajstić information content (AvgIpc) is 2.63. The van der Waals surface area contributed by atoms with Crippen LogP contribution in [0.2, 0.25) is 0 Å². The van der Waals surface area contributed by atoms with Gasteiger partial charge in [-0.05, 0) is 23.6 Å². The minimum atomic E-state index is 0.129. The zero-order valence-electron chi connectivity index (χ0n) is 9.90. The summed E-state index contributed by atoms with van der Waals surface area (Å²) in [5.74, 6) is 0.580. The maximum absolute atomic E-state index is 12.0. The van der Waals surface area contributed by atoms with Crippen molar-refractivity contribution in [3.05, 3.63) is 34.3 Å². The van der Waals surface area contributed by atoms with Gasteiger partial charge in [-0.2, -0.15) is 0 Å². The number of amides is 1. The number of benzene rings is 1. The van der Waals surface area contributed by atoms with E-state index < -0.39 is 0 Å². The van der Waals surface area contributed by atoms with E-state index in [1.165, 1.54) is 0 Å². The van der Waals surface area contributed by atoms with E-state index in [1.807, 2.05) is 29.2 Å². The minimum Gasteiger partial charge on any atom is -0.341 e. The Kier molecular flexibility index (Phi) is 3.84. The van der Waals surface area contributed by atoms with Crippen molar-refractivity contribution in [3.8, 4) is 0 Å². The first-order valence-corrected chi connectivity index (χ1v) is 6.63. The molecule has 1 aromatic carbocycles. The van der Waals surface area contributed by atoms with Gasteiger partial charge in [-0.25, -0.2) is 0 Å². The summed E-state index contributed by atoms with van der Waals surface area (Å²) in [6, 6.07) is 7.99. The highest BCUT2D eigenvalue weighted by Crippen LogP contribution is 2.17. The molecule has 1 aliphatic rings. The molecule has 2 rings (SSSR count). The second kappa shape index (κ2) is 5.19. The quantitative estimate of drug-likeness (QED) is 0.905. The molecule has 3 nitrogen and oxygen atoms in total. The molecule has 4 heteroatoms. The van der Waals surface area contributed by atoms with Gasteiger partial charge in [0, 0.05) is 23.6 Å². The lowest BCUT2D eigenvalue weighted by molar-refractivity contribution is -0.129. The Labute approximate surface area is 110 Å². The van der Waals surface area contributed by atoms with Crippen LogP contribution in [0.3, 0.4) is 0 Å². The zero-order valence-corrected chi connectivity index (χ0v) is 11.5. The van der Waals surface area contributed by atoms with Gasteiger partial charge in [0.1, 0.15) is 0 Å². The average molecular weight is 297 g/mol. The number of carbonyl (C=O) groups excluding carboxylic acids is 1. The third-order valence-corrected chi connectivity index (χ3v) is 3.82. The summed E-state index contributed by atoms with van der Waals surface area (Å²) in [5, 5.41) is 0. The lowest BCUT2D eigenvalue weighted by atomic mass is 10.1. The van der Waals surface area contributed by atoms with E-state index in [4.69, 9.17) is 5.73 Å². The summed E-state index contributed by atoms with van der Waals surface area (Å²) in [6.07, 6.45) is 0.465. The predicted molar refractivity (Wildman–Crippen MR) is 71.6 cm³/mol. The van der Waals surface area contributed by atoms with Gasteiger partial charge < -0.3 is 10.6 Å². The molecule has 1 fully saturated rings. The van der Waals surface area contributed by atoms with Gasteiger partial charge in [0.05, 0.1) is 6.42 Å². The number of carbonyl (C=O) groups is 1. The van der Waals surface area contributed by atoms with Gasteiger partial charge in [0.25, 0.3) is 0 Å². The topological polar surface area (TPSA) is 46.3 Å². The molecular formula is C13H17BrN2O. The maximum Gasteiger partial charge on any atom is 0.227 e. The van der Waals surface area contributed by atoms with Gasteiger partial charge in [0.15, 0.2) is 0 Å². The van der Waals surface area contributed by atoms with Crippen LogP contribution in [0.15, 0.2) is 28.7 Å². The molecule has 1 aliphatic heterocycles. The molecule has 1 aromatic rings. The Bertz CT molecular complexity index is 394. The highest BCUT2D eigenvalue weighted by molar-refractivity contribution is 9.10. The van der Waals surface area contributed by atoms with E-state index in [0.29, 0.717) is 18.9 Å². The van der Waals surface area contributed by atoms with Crippen LogP contribution in [0.4, 0.5) is 0 Å². The Morgan fingerprint density at radius 3 is 2.59 bits per heavy atom. The van der Waals surface area contributed by atoms with Gasteiger partial charge in [-0.1, -0.05) is 35.0 Å². The summed E-state index contributed by atoms with van der Waals surface area (Å²) in [7, 11) is 0. The molecule has 0 radical (unpaired) electrons. The van der Waals surface area contributed by atoms with E-state index >= 15 is 0 Å². The van der Waals surface area contributed by atoms with Crippen LogP contribution in [-0.2, 0) is 11.2 Å². The van der Waals surface area contributed by atoms with Crippen LogP contribution in [0.1, 0.15) is 12.5 Å². The number of nitrogens with zero attached hydrogens (tertiary/aromatic N) is 1. The molecule has 17 heavy (non-hydrogen) atoms. The van der Waals surface area contributed by atoms with Crippen molar-refractivity contribution in [2.45, 2.75) is 19.4 Å². The normalized spacial score (nSPS) is 24.1. The third-order valence-electron chi connectivity index (χ3n) is 3.29. The van der Waals surface area contributed by atoms with Crippen LogP contribution in [0.25, 0.3) is 0 Å². The Balaban J connectivity index is 1.96. The summed E-state index contributed by atoms with van der Waals surface area (Å²) < 4.78 is 1.03. The van der Waals surface area contributed by atoms with Crippen molar-refractivity contribution in [3.63, 3.8) is 0 Å². The second-order valence-corrected chi connectivity index (χ2v) is 5.66. The molecule has 0 bridgehead atoms. The van der Waals surface area contributed by atoms with Crippen LogP contribution < -0.4 is 5.73 Å². The number of nitrogens with two attached hydrogens (primary N) is 1. The number of halogens is 1. The van der Waals surface area contributed by atoms with Gasteiger partial charge in [0.2, 0.25) is 5.91 Å². The Morgan fingerprint density at radius 2 is 2.06 bits per heavy atom. The van der Waals surface area contributed by atoms with E-state index in [-0.39, 0.29) is 11.9 Å². The largest absolute Gasteiger partial charge is 0.341 e. The van der Waals surface area contributed by atoms with E-state index in [9.17, 15) is 4.79 Å². The molecule has 1 amide bonds. The monoisotopic (exact) mass is 296 g/mol. The first-order valence-electron chi connectivity index (χ1n) is 5.84. The fraction of sp³-hybridized carbons (Fsp3) is 0.462. The predicted octanol–water partition coefficient (Wildman–Crippen LogP) is 1.80. The SMILES string of the molecule is CC1CN(C(=O)Cc2ccc(Br)cc2)CC1N. The van der Waals surface area contributed by atoms with Crippen molar-refractivity contribution in [2.24, 2.45) is 11.7 Å². The Morgan fingerprint density at radius 1 is 1.41 bits per heavy atom. The van der Waals surface area contributed by atoms with Crippen LogP contribution in [0, 0.1) is 5.92 Å². The molecule has 92 valence electrons. The molecule has 0 aromatic heterocycles. The summed E-state index contributed by atoms with van der Waals surface area (Å²) in [5.41, 5.74) is 6.97. The van der Waals surface area contributed by atoms with E-state index in [1.54, 1.807) is 0 Å². The molecule has 0 spiro atoms. The van der Waals surface area contributed by atoms with E-state index in [0.717, 1.165) is 16.6 Å². The molecule has 2 unspecified atom stereocenters. The van der Waals surface area contributed by atoms with Crippen molar-refractivity contribution in [1.29, 1.82) is 0 Å². The first-order chi connectivity index (χ1) is 8.06. The number of hydrogen-bond acceptors (Lipinski definition) is 2. The van der Waals surface area contributed by atoms with Crippen LogP contribution in [0.5, 0.6) is 0 Å². The second-order valence-electron chi connectivity index (χ2n) is 4.74. The zero-order chi connectivity index (χ0) is 12.4. The fourth-order valence-corrected chi connectivity index (χ4v) is 2.35. The number of rotatable bonds is 2. The summed E-state index contributed by atoms with van der Waals surface area (Å²) >= 11 is 3.38. The number of hydrogen-bond donors (Lipinski definition) is 1. The van der Waals surface area contributed by atoms with Gasteiger partial charge in [-0.15, -0.1) is 0 Å². The molecule has 1 heterocycles. The highest BCUT2D eigenvalue weighted by Gasteiger charge is 2.29. The fourth-order valence-electron chi connectivity index (χ4n) is 2.08. The summed E-state index contributed by atoms with van der Waals surface area (Å²) in [6.45, 7) is 3.57. The van der Waals surface area contributed by atoms with Crippen LogP contribution in [-0.4, -0.2) is 29.9 Å². The van der Waals surface area contributed by atoms with E-state index in [2.05, 4.69) is 22.9 Å². The van der Waals surface area contributed by atoms with Crippen molar-refractivity contribution in [1.82, 2.24) is 4.90 Å². The molecule has 2 atom stereocenters. The summed E-state index contributed by atoms with van der Waals surface area (Å²) in [4.78, 5) is 13.9. The lowest BCUT2D eigenvalue weighted by Gasteiger charge is -2.15. The first kappa shape index (κ1) is 12.6. The van der Waals surface area contributed by atoms with Crippen molar-refractivity contribution in [2.75, 3.05) is 13.1 Å². The molecule has 1 saturated heterocycles. The Hall–Kier alpha value is -0.870. The maximum atomic E-state index is 12.0. The molecule has 0 saturated carbocycles. The molecule has 2 N–H and O–H groups in total. The molecular weight excluding hydrogens is 280 g/mol. The lowest BCUT2D eigenvalue weighted by Crippen LogP contribution is -2.33.